The zero-order chi connectivity index (χ0) is 13.1. The van der Waals surface area contributed by atoms with E-state index in [1.165, 1.54) is 19.5 Å². The number of likely N-dealkylation sites (tertiary alicyclic amines) is 1. The summed E-state index contributed by atoms with van der Waals surface area (Å²) in [5.41, 5.74) is 2.16. The molecular formula is C14H24N4. The Morgan fingerprint density at radius 2 is 2.22 bits per heavy atom. The smallest absolute Gasteiger partial charge is 0.223 e. The minimum absolute atomic E-state index is 0.449. The van der Waals surface area contributed by atoms with Crippen molar-refractivity contribution in [3.05, 3.63) is 17.5 Å². The van der Waals surface area contributed by atoms with Crippen LogP contribution in [-0.4, -0.2) is 41.5 Å². The number of rotatable bonds is 4. The van der Waals surface area contributed by atoms with E-state index < -0.39 is 0 Å². The molecule has 1 saturated heterocycles. The molecule has 1 aromatic heterocycles. The van der Waals surface area contributed by atoms with Crippen molar-refractivity contribution in [3.63, 3.8) is 0 Å². The molecule has 0 aliphatic carbocycles. The Morgan fingerprint density at radius 3 is 2.83 bits per heavy atom. The number of anilines is 1. The molecule has 0 bridgehead atoms. The molecule has 0 amide bonds. The van der Waals surface area contributed by atoms with Crippen molar-refractivity contribution < 1.29 is 0 Å². The van der Waals surface area contributed by atoms with Crippen LogP contribution in [0.25, 0.3) is 0 Å². The van der Waals surface area contributed by atoms with E-state index >= 15 is 0 Å². The second kappa shape index (κ2) is 5.65. The summed E-state index contributed by atoms with van der Waals surface area (Å²) in [4.78, 5) is 11.4. The lowest BCUT2D eigenvalue weighted by Gasteiger charge is -2.13. The molecule has 2 heterocycles. The van der Waals surface area contributed by atoms with Crippen LogP contribution in [0.3, 0.4) is 0 Å². The SMILES string of the molecule is Cc1cc(C(C)C)nc(NCC2CCN(C)C2)n1. The molecule has 0 spiro atoms. The molecule has 2 rings (SSSR count). The Balaban J connectivity index is 1.96. The largest absolute Gasteiger partial charge is 0.354 e. The maximum Gasteiger partial charge on any atom is 0.223 e. The van der Waals surface area contributed by atoms with Crippen LogP contribution in [0.2, 0.25) is 0 Å². The average molecular weight is 248 g/mol. The van der Waals surface area contributed by atoms with E-state index in [1.807, 2.05) is 6.92 Å². The molecule has 18 heavy (non-hydrogen) atoms. The number of hydrogen-bond acceptors (Lipinski definition) is 4. The van der Waals surface area contributed by atoms with Gasteiger partial charge in [-0.2, -0.15) is 0 Å². The van der Waals surface area contributed by atoms with Gasteiger partial charge in [0, 0.05) is 24.5 Å². The van der Waals surface area contributed by atoms with Gasteiger partial charge in [-0.3, -0.25) is 0 Å². The lowest BCUT2D eigenvalue weighted by atomic mass is 10.1. The fourth-order valence-corrected chi connectivity index (χ4v) is 2.40. The number of aromatic nitrogens is 2. The highest BCUT2D eigenvalue weighted by atomic mass is 15.1. The molecule has 1 fully saturated rings. The topological polar surface area (TPSA) is 41.1 Å². The first-order chi connectivity index (χ1) is 8.54. The van der Waals surface area contributed by atoms with Crippen molar-refractivity contribution in [2.45, 2.75) is 33.1 Å². The van der Waals surface area contributed by atoms with Gasteiger partial charge in [0.15, 0.2) is 0 Å². The highest BCUT2D eigenvalue weighted by molar-refractivity contribution is 5.29. The van der Waals surface area contributed by atoms with Gasteiger partial charge in [0.05, 0.1) is 0 Å². The van der Waals surface area contributed by atoms with Gasteiger partial charge < -0.3 is 10.2 Å². The molecule has 1 aliphatic heterocycles. The van der Waals surface area contributed by atoms with Gasteiger partial charge in [-0.25, -0.2) is 9.97 Å². The van der Waals surface area contributed by atoms with E-state index in [9.17, 15) is 0 Å². The molecule has 4 nitrogen and oxygen atoms in total. The summed E-state index contributed by atoms with van der Waals surface area (Å²) in [6.07, 6.45) is 1.27. The summed E-state index contributed by atoms with van der Waals surface area (Å²) in [5, 5.41) is 3.39. The quantitative estimate of drug-likeness (QED) is 0.887. The molecule has 0 aromatic carbocycles. The zero-order valence-corrected chi connectivity index (χ0v) is 11.9. The van der Waals surface area contributed by atoms with E-state index in [2.05, 4.69) is 47.1 Å². The average Bonchev–Trinajstić information content (AvgIpc) is 2.72. The Morgan fingerprint density at radius 1 is 1.44 bits per heavy atom. The summed E-state index contributed by atoms with van der Waals surface area (Å²) in [6, 6.07) is 2.07. The van der Waals surface area contributed by atoms with E-state index in [0.29, 0.717) is 5.92 Å². The van der Waals surface area contributed by atoms with Crippen molar-refractivity contribution >= 4 is 5.95 Å². The molecule has 0 saturated carbocycles. The van der Waals surface area contributed by atoms with Crippen LogP contribution in [0.15, 0.2) is 6.07 Å². The summed E-state index contributed by atoms with van der Waals surface area (Å²) in [5.74, 6) is 1.96. The Hall–Kier alpha value is -1.16. The van der Waals surface area contributed by atoms with Crippen LogP contribution in [0.1, 0.15) is 37.6 Å². The maximum absolute atomic E-state index is 4.58. The molecule has 0 radical (unpaired) electrons. The molecule has 1 N–H and O–H groups in total. The normalized spacial score (nSPS) is 20.6. The maximum atomic E-state index is 4.58. The van der Waals surface area contributed by atoms with E-state index in [1.54, 1.807) is 0 Å². The van der Waals surface area contributed by atoms with Crippen LogP contribution in [0.4, 0.5) is 5.95 Å². The molecule has 4 heteroatoms. The third kappa shape index (κ3) is 3.42. The highest BCUT2D eigenvalue weighted by Gasteiger charge is 2.19. The van der Waals surface area contributed by atoms with Crippen LogP contribution in [0.5, 0.6) is 0 Å². The predicted molar refractivity (Wildman–Crippen MR) is 75.0 cm³/mol. The second-order valence-corrected chi connectivity index (χ2v) is 5.71. The van der Waals surface area contributed by atoms with Gasteiger partial charge in [-0.05, 0) is 44.8 Å². The third-order valence-corrected chi connectivity index (χ3v) is 3.50. The van der Waals surface area contributed by atoms with Crippen LogP contribution < -0.4 is 5.32 Å². The summed E-state index contributed by atoms with van der Waals surface area (Å²) >= 11 is 0. The standard InChI is InChI=1S/C14H24N4/c1-10(2)13-7-11(3)16-14(17-13)15-8-12-5-6-18(4)9-12/h7,10,12H,5-6,8-9H2,1-4H3,(H,15,16,17). The van der Waals surface area contributed by atoms with Crippen LogP contribution in [0, 0.1) is 12.8 Å². The Labute approximate surface area is 110 Å². The fourth-order valence-electron chi connectivity index (χ4n) is 2.40. The van der Waals surface area contributed by atoms with Crippen LogP contribution >= 0.6 is 0 Å². The zero-order valence-electron chi connectivity index (χ0n) is 11.9. The number of nitrogens with zero attached hydrogens (tertiary/aromatic N) is 3. The Kier molecular flexibility index (Phi) is 4.17. The summed E-state index contributed by atoms with van der Waals surface area (Å²) in [6.45, 7) is 9.72. The van der Waals surface area contributed by atoms with Gasteiger partial charge in [-0.1, -0.05) is 13.8 Å². The number of hydrogen-bond donors (Lipinski definition) is 1. The van der Waals surface area contributed by atoms with Crippen molar-refractivity contribution in [1.29, 1.82) is 0 Å². The van der Waals surface area contributed by atoms with E-state index in [0.717, 1.165) is 29.8 Å². The first kappa shape index (κ1) is 13.3. The highest BCUT2D eigenvalue weighted by Crippen LogP contribution is 2.17. The minimum atomic E-state index is 0.449. The Bertz CT molecular complexity index is 403. The van der Waals surface area contributed by atoms with E-state index in [-0.39, 0.29) is 0 Å². The molecule has 1 aliphatic rings. The lowest BCUT2D eigenvalue weighted by molar-refractivity contribution is 0.399. The number of nitrogens with one attached hydrogen (secondary N) is 1. The number of aryl methyl sites for hydroxylation is 1. The second-order valence-electron chi connectivity index (χ2n) is 5.71. The van der Waals surface area contributed by atoms with Gasteiger partial charge in [0.2, 0.25) is 5.95 Å². The molecular weight excluding hydrogens is 224 g/mol. The van der Waals surface area contributed by atoms with Crippen LogP contribution in [-0.2, 0) is 0 Å². The summed E-state index contributed by atoms with van der Waals surface area (Å²) in [7, 11) is 2.18. The van der Waals surface area contributed by atoms with Gasteiger partial charge in [-0.15, -0.1) is 0 Å². The van der Waals surface area contributed by atoms with Crippen molar-refractivity contribution in [2.24, 2.45) is 5.92 Å². The first-order valence-electron chi connectivity index (χ1n) is 6.82. The first-order valence-corrected chi connectivity index (χ1v) is 6.82. The minimum Gasteiger partial charge on any atom is -0.354 e. The molecule has 1 atom stereocenters. The predicted octanol–water partition coefficient (Wildman–Crippen LogP) is 2.27. The lowest BCUT2D eigenvalue weighted by Crippen LogP contribution is -2.20. The summed E-state index contributed by atoms with van der Waals surface area (Å²) < 4.78 is 0. The molecule has 100 valence electrons. The van der Waals surface area contributed by atoms with Crippen molar-refractivity contribution in [2.75, 3.05) is 32.0 Å². The van der Waals surface area contributed by atoms with Gasteiger partial charge in [0.1, 0.15) is 0 Å². The van der Waals surface area contributed by atoms with Crippen molar-refractivity contribution in [3.8, 4) is 0 Å². The van der Waals surface area contributed by atoms with Gasteiger partial charge in [0.25, 0.3) is 0 Å². The monoisotopic (exact) mass is 248 g/mol. The van der Waals surface area contributed by atoms with Crippen molar-refractivity contribution in [1.82, 2.24) is 14.9 Å². The van der Waals surface area contributed by atoms with Gasteiger partial charge >= 0.3 is 0 Å². The molecule has 1 unspecified atom stereocenters. The fraction of sp³-hybridized carbons (Fsp3) is 0.714. The molecule has 1 aromatic rings. The van der Waals surface area contributed by atoms with E-state index in [4.69, 9.17) is 0 Å². The third-order valence-electron chi connectivity index (χ3n) is 3.50.